The Kier molecular flexibility index (Phi) is 7.44. The first kappa shape index (κ1) is 23.3. The zero-order valence-corrected chi connectivity index (χ0v) is 19.7. The summed E-state index contributed by atoms with van der Waals surface area (Å²) in [5.41, 5.74) is 3.32. The number of imidazole rings is 1. The van der Waals surface area contributed by atoms with Crippen LogP contribution in [-0.4, -0.2) is 45.4 Å². The minimum absolute atomic E-state index is 0.154. The monoisotopic (exact) mass is 476 g/mol. The molecule has 174 valence electrons. The number of benzene rings is 2. The Morgan fingerprint density at radius 3 is 2.47 bits per heavy atom. The molecule has 0 aliphatic carbocycles. The van der Waals surface area contributed by atoms with Crippen molar-refractivity contribution in [2.75, 3.05) is 24.3 Å². The molecule has 8 nitrogen and oxygen atoms in total. The largest absolute Gasteiger partial charge is 0.494 e. The number of nitrogens with one attached hydrogen (secondary N) is 1. The molecule has 0 saturated carbocycles. The highest BCUT2D eigenvalue weighted by Crippen LogP contribution is 2.27. The Hall–Kier alpha value is -3.85. The van der Waals surface area contributed by atoms with E-state index >= 15 is 0 Å². The Morgan fingerprint density at radius 1 is 1.00 bits per heavy atom. The Labute approximate surface area is 201 Å². The summed E-state index contributed by atoms with van der Waals surface area (Å²) in [6.45, 7) is 4.59. The fourth-order valence-corrected chi connectivity index (χ4v) is 4.13. The summed E-state index contributed by atoms with van der Waals surface area (Å²) in [5.74, 6) is 0.393. The maximum absolute atomic E-state index is 12.6. The number of rotatable bonds is 9. The fraction of sp³-hybridized carbons (Fsp3) is 0.200. The zero-order valence-electron chi connectivity index (χ0n) is 18.9. The molecule has 34 heavy (non-hydrogen) atoms. The molecule has 4 rings (SSSR count). The van der Waals surface area contributed by atoms with Crippen LogP contribution in [0.3, 0.4) is 0 Å². The van der Waals surface area contributed by atoms with Crippen LogP contribution in [0.1, 0.15) is 24.2 Å². The quantitative estimate of drug-likeness (QED) is 0.276. The van der Waals surface area contributed by atoms with Crippen LogP contribution in [0.25, 0.3) is 16.9 Å². The second-order valence-corrected chi connectivity index (χ2v) is 8.08. The van der Waals surface area contributed by atoms with Gasteiger partial charge in [0.1, 0.15) is 11.3 Å². The van der Waals surface area contributed by atoms with Crippen LogP contribution >= 0.6 is 11.8 Å². The first-order chi connectivity index (χ1) is 16.6. The number of esters is 1. The van der Waals surface area contributed by atoms with E-state index in [-0.39, 0.29) is 17.6 Å². The first-order valence-corrected chi connectivity index (χ1v) is 11.8. The average Bonchev–Trinajstić information content (AvgIpc) is 3.23. The summed E-state index contributed by atoms with van der Waals surface area (Å²) in [6.07, 6.45) is 1.70. The molecule has 0 aliphatic rings. The maximum atomic E-state index is 12.6. The minimum atomic E-state index is -0.372. The summed E-state index contributed by atoms with van der Waals surface area (Å²) < 4.78 is 12.4. The van der Waals surface area contributed by atoms with Crippen LogP contribution in [0.4, 0.5) is 5.69 Å². The van der Waals surface area contributed by atoms with Gasteiger partial charge in [-0.3, -0.25) is 9.36 Å². The van der Waals surface area contributed by atoms with Gasteiger partial charge in [0.2, 0.25) is 5.91 Å². The molecule has 0 saturated heterocycles. The highest BCUT2D eigenvalue weighted by atomic mass is 32.2. The van der Waals surface area contributed by atoms with Crippen LogP contribution in [0.2, 0.25) is 0 Å². The number of anilines is 1. The predicted octanol–water partition coefficient (Wildman–Crippen LogP) is 4.73. The molecular formula is C25H24N4O4S. The third kappa shape index (κ3) is 5.37. The molecule has 9 heteroatoms. The molecule has 0 aliphatic heterocycles. The van der Waals surface area contributed by atoms with E-state index in [9.17, 15) is 9.59 Å². The lowest BCUT2D eigenvalue weighted by atomic mass is 10.2. The van der Waals surface area contributed by atoms with Crippen molar-refractivity contribution in [1.29, 1.82) is 0 Å². The van der Waals surface area contributed by atoms with E-state index in [0.717, 1.165) is 11.4 Å². The van der Waals surface area contributed by atoms with E-state index in [2.05, 4.69) is 15.3 Å². The zero-order chi connectivity index (χ0) is 23.9. The van der Waals surface area contributed by atoms with Crippen molar-refractivity contribution in [3.63, 3.8) is 0 Å². The van der Waals surface area contributed by atoms with E-state index in [1.54, 1.807) is 37.4 Å². The lowest BCUT2D eigenvalue weighted by Gasteiger charge is -2.10. The SMILES string of the molecule is CCOC(=O)c1ccc(-n2c(SCC(=O)Nc3ccc(OCC)cc3)nc3cccnc32)cc1. The summed E-state index contributed by atoms with van der Waals surface area (Å²) in [6, 6.07) is 18.0. The average molecular weight is 477 g/mol. The van der Waals surface area contributed by atoms with Gasteiger partial charge in [-0.05, 0) is 74.5 Å². The van der Waals surface area contributed by atoms with Crippen molar-refractivity contribution in [3.05, 3.63) is 72.4 Å². The summed E-state index contributed by atoms with van der Waals surface area (Å²) >= 11 is 1.31. The Morgan fingerprint density at radius 2 is 1.76 bits per heavy atom. The standard InChI is InChI=1S/C25H24N4O4S/c1-3-32-20-13-9-18(10-14-20)27-22(30)16-34-25-28-21-6-5-15-26-23(21)29(25)19-11-7-17(8-12-19)24(31)33-4-2/h5-15H,3-4,16H2,1-2H3,(H,27,30). The number of hydrogen-bond acceptors (Lipinski definition) is 7. The topological polar surface area (TPSA) is 95.3 Å². The van der Waals surface area contributed by atoms with Crippen molar-refractivity contribution in [3.8, 4) is 11.4 Å². The van der Waals surface area contributed by atoms with Gasteiger partial charge in [-0.1, -0.05) is 11.8 Å². The molecule has 0 fully saturated rings. The molecule has 1 amide bonds. The number of hydrogen-bond donors (Lipinski definition) is 1. The van der Waals surface area contributed by atoms with Crippen molar-refractivity contribution in [2.45, 2.75) is 19.0 Å². The summed E-state index contributed by atoms with van der Waals surface area (Å²) in [7, 11) is 0. The fourth-order valence-electron chi connectivity index (χ4n) is 3.31. The number of carbonyl (C=O) groups is 2. The van der Waals surface area contributed by atoms with Gasteiger partial charge in [0.25, 0.3) is 0 Å². The van der Waals surface area contributed by atoms with Crippen molar-refractivity contribution in [2.24, 2.45) is 0 Å². The number of pyridine rings is 1. The maximum Gasteiger partial charge on any atom is 0.338 e. The minimum Gasteiger partial charge on any atom is -0.494 e. The number of ether oxygens (including phenoxy) is 2. The number of thioether (sulfide) groups is 1. The van der Waals surface area contributed by atoms with Crippen LogP contribution in [0, 0.1) is 0 Å². The predicted molar refractivity (Wildman–Crippen MR) is 132 cm³/mol. The van der Waals surface area contributed by atoms with Gasteiger partial charge in [0.15, 0.2) is 10.8 Å². The molecule has 0 radical (unpaired) electrons. The molecule has 0 unspecified atom stereocenters. The lowest BCUT2D eigenvalue weighted by molar-refractivity contribution is -0.113. The number of aromatic nitrogens is 3. The Bertz CT molecular complexity index is 1290. The van der Waals surface area contributed by atoms with Gasteiger partial charge < -0.3 is 14.8 Å². The molecule has 4 aromatic rings. The van der Waals surface area contributed by atoms with Crippen LogP contribution < -0.4 is 10.1 Å². The lowest BCUT2D eigenvalue weighted by Crippen LogP contribution is -2.14. The molecule has 0 spiro atoms. The van der Waals surface area contributed by atoms with E-state index in [4.69, 9.17) is 9.47 Å². The second-order valence-electron chi connectivity index (χ2n) is 7.14. The van der Waals surface area contributed by atoms with Crippen molar-refractivity contribution in [1.82, 2.24) is 14.5 Å². The van der Waals surface area contributed by atoms with E-state index in [0.29, 0.717) is 40.8 Å². The van der Waals surface area contributed by atoms with E-state index in [1.165, 1.54) is 11.8 Å². The van der Waals surface area contributed by atoms with Gasteiger partial charge in [-0.2, -0.15) is 0 Å². The molecule has 0 bridgehead atoms. The third-order valence-corrected chi connectivity index (χ3v) is 5.74. The smallest absolute Gasteiger partial charge is 0.338 e. The molecular weight excluding hydrogens is 452 g/mol. The number of amides is 1. The van der Waals surface area contributed by atoms with Gasteiger partial charge in [-0.15, -0.1) is 0 Å². The van der Waals surface area contributed by atoms with Gasteiger partial charge in [0, 0.05) is 17.6 Å². The van der Waals surface area contributed by atoms with Gasteiger partial charge in [-0.25, -0.2) is 14.8 Å². The highest BCUT2D eigenvalue weighted by molar-refractivity contribution is 7.99. The summed E-state index contributed by atoms with van der Waals surface area (Å²) in [5, 5.41) is 3.51. The van der Waals surface area contributed by atoms with Crippen LogP contribution in [0.15, 0.2) is 72.0 Å². The highest BCUT2D eigenvalue weighted by Gasteiger charge is 2.16. The number of nitrogens with zero attached hydrogens (tertiary/aromatic N) is 3. The van der Waals surface area contributed by atoms with Crippen LogP contribution in [-0.2, 0) is 9.53 Å². The molecule has 1 N–H and O–H groups in total. The molecule has 2 aromatic heterocycles. The Balaban J connectivity index is 1.52. The first-order valence-electron chi connectivity index (χ1n) is 10.9. The number of fused-ring (bicyclic) bond motifs is 1. The molecule has 0 atom stereocenters. The second kappa shape index (κ2) is 10.8. The number of carbonyl (C=O) groups excluding carboxylic acids is 2. The van der Waals surface area contributed by atoms with Gasteiger partial charge in [0.05, 0.1) is 24.5 Å². The summed E-state index contributed by atoms with van der Waals surface area (Å²) in [4.78, 5) is 33.7. The van der Waals surface area contributed by atoms with E-state index in [1.807, 2.05) is 47.9 Å². The van der Waals surface area contributed by atoms with E-state index < -0.39 is 0 Å². The molecule has 2 aromatic carbocycles. The normalized spacial score (nSPS) is 10.8. The van der Waals surface area contributed by atoms with Crippen LogP contribution in [0.5, 0.6) is 5.75 Å². The molecule has 2 heterocycles. The third-order valence-electron chi connectivity index (χ3n) is 4.80. The van der Waals surface area contributed by atoms with Gasteiger partial charge >= 0.3 is 5.97 Å². The van der Waals surface area contributed by atoms with Crippen molar-refractivity contribution >= 4 is 40.5 Å². The van der Waals surface area contributed by atoms with Crippen molar-refractivity contribution < 1.29 is 19.1 Å².